The number of anilines is 1. The molecule has 1 heterocycles. The van der Waals surface area contributed by atoms with Crippen molar-refractivity contribution in [3.8, 4) is 0 Å². The summed E-state index contributed by atoms with van der Waals surface area (Å²) in [4.78, 5) is 6.21. The fraction of sp³-hybridized carbons (Fsp3) is 0.533. The van der Waals surface area contributed by atoms with Gasteiger partial charge in [0, 0.05) is 39.4 Å². The first-order chi connectivity index (χ1) is 10.4. The van der Waals surface area contributed by atoms with Crippen molar-refractivity contribution in [1.82, 2.24) is 10.6 Å². The average molecular weight is 452 g/mol. The van der Waals surface area contributed by atoms with Crippen LogP contribution in [0.3, 0.4) is 0 Å². The third-order valence-electron chi connectivity index (χ3n) is 3.71. The first-order valence-corrected chi connectivity index (χ1v) is 9.15. The van der Waals surface area contributed by atoms with Crippen molar-refractivity contribution in [2.45, 2.75) is 19.0 Å². The average Bonchev–Trinajstić information content (AvgIpc) is 2.82. The number of aliphatic imine (C=N–C) groups is 1. The Balaban J connectivity index is 0.00000264. The van der Waals surface area contributed by atoms with Gasteiger partial charge in [-0.3, -0.25) is 4.99 Å². The second-order valence-corrected chi connectivity index (χ2v) is 7.96. The summed E-state index contributed by atoms with van der Waals surface area (Å²) in [5.74, 6) is 1.08. The number of rotatable bonds is 4. The smallest absolute Gasteiger partial charge is 0.191 e. The predicted octanol–water partition coefficient (Wildman–Crippen LogP) is 1.22. The highest BCUT2D eigenvalue weighted by Crippen LogP contribution is 2.12. The summed E-state index contributed by atoms with van der Waals surface area (Å²) < 4.78 is 22.9. The van der Waals surface area contributed by atoms with Crippen LogP contribution < -0.4 is 15.5 Å². The molecule has 1 aromatic carbocycles. The first kappa shape index (κ1) is 20.0. The van der Waals surface area contributed by atoms with Crippen LogP contribution in [0.1, 0.15) is 12.0 Å². The van der Waals surface area contributed by atoms with E-state index in [2.05, 4.69) is 44.8 Å². The Morgan fingerprint density at radius 3 is 2.43 bits per heavy atom. The Morgan fingerprint density at radius 1 is 1.30 bits per heavy atom. The summed E-state index contributed by atoms with van der Waals surface area (Å²) in [6.45, 7) is 0.646. The van der Waals surface area contributed by atoms with Gasteiger partial charge in [0.25, 0.3) is 0 Å². The molecule has 1 atom stereocenters. The Hall–Kier alpha value is -1.03. The molecule has 1 aliphatic rings. The highest BCUT2D eigenvalue weighted by molar-refractivity contribution is 14.0. The number of sulfone groups is 1. The largest absolute Gasteiger partial charge is 0.378 e. The molecule has 1 unspecified atom stereocenters. The van der Waals surface area contributed by atoms with E-state index in [0.29, 0.717) is 18.9 Å². The summed E-state index contributed by atoms with van der Waals surface area (Å²) in [6.07, 6.45) is 0.639. The van der Waals surface area contributed by atoms with Crippen molar-refractivity contribution in [1.29, 1.82) is 0 Å². The monoisotopic (exact) mass is 452 g/mol. The maximum atomic E-state index is 11.5. The number of nitrogens with one attached hydrogen (secondary N) is 2. The van der Waals surface area contributed by atoms with Gasteiger partial charge in [0.2, 0.25) is 0 Å². The van der Waals surface area contributed by atoms with Gasteiger partial charge < -0.3 is 15.5 Å². The lowest BCUT2D eigenvalue weighted by molar-refractivity contribution is 0.599. The molecule has 0 spiro atoms. The third-order valence-corrected chi connectivity index (χ3v) is 5.48. The Kier molecular flexibility index (Phi) is 7.59. The number of hydrogen-bond acceptors (Lipinski definition) is 4. The van der Waals surface area contributed by atoms with E-state index in [4.69, 9.17) is 0 Å². The fourth-order valence-electron chi connectivity index (χ4n) is 2.39. The molecule has 0 amide bonds. The highest BCUT2D eigenvalue weighted by atomic mass is 127. The summed E-state index contributed by atoms with van der Waals surface area (Å²) in [5.41, 5.74) is 2.30. The van der Waals surface area contributed by atoms with Crippen molar-refractivity contribution < 1.29 is 8.42 Å². The van der Waals surface area contributed by atoms with Gasteiger partial charge in [-0.25, -0.2) is 8.42 Å². The van der Waals surface area contributed by atoms with Gasteiger partial charge in [-0.1, -0.05) is 12.1 Å². The molecule has 23 heavy (non-hydrogen) atoms. The molecule has 6 nitrogen and oxygen atoms in total. The summed E-state index contributed by atoms with van der Waals surface area (Å²) in [7, 11) is 2.83. The van der Waals surface area contributed by atoms with Gasteiger partial charge in [-0.2, -0.15) is 0 Å². The van der Waals surface area contributed by atoms with Gasteiger partial charge in [-0.05, 0) is 24.1 Å². The molecule has 1 aromatic rings. The molecule has 1 fully saturated rings. The zero-order valence-corrected chi connectivity index (χ0v) is 16.9. The van der Waals surface area contributed by atoms with Crippen LogP contribution in [0.2, 0.25) is 0 Å². The normalized spacial score (nSPS) is 19.8. The van der Waals surface area contributed by atoms with Crippen LogP contribution in [0, 0.1) is 0 Å². The van der Waals surface area contributed by atoms with Crippen molar-refractivity contribution in [2.75, 3.05) is 37.5 Å². The van der Waals surface area contributed by atoms with Gasteiger partial charge in [0.15, 0.2) is 15.8 Å². The van der Waals surface area contributed by atoms with Gasteiger partial charge in [0.05, 0.1) is 11.5 Å². The quantitative estimate of drug-likeness (QED) is 0.409. The molecule has 0 radical (unpaired) electrons. The minimum absolute atomic E-state index is 0. The number of guanidine groups is 1. The minimum Gasteiger partial charge on any atom is -0.378 e. The molecular formula is C15H25IN4O2S. The highest BCUT2D eigenvalue weighted by Gasteiger charge is 2.28. The van der Waals surface area contributed by atoms with Gasteiger partial charge in [-0.15, -0.1) is 24.0 Å². The number of hydrogen-bond donors (Lipinski definition) is 2. The lowest BCUT2D eigenvalue weighted by atomic mass is 10.2. The SMILES string of the molecule is CN=C(NCc1ccc(N(C)C)cc1)NC1CCS(=O)(=O)C1.I. The van der Waals surface area contributed by atoms with E-state index in [9.17, 15) is 8.42 Å². The van der Waals surface area contributed by atoms with Crippen molar-refractivity contribution in [2.24, 2.45) is 4.99 Å². The topological polar surface area (TPSA) is 73.8 Å². The predicted molar refractivity (Wildman–Crippen MR) is 107 cm³/mol. The second-order valence-electron chi connectivity index (χ2n) is 5.73. The van der Waals surface area contributed by atoms with Crippen LogP contribution in [0.4, 0.5) is 5.69 Å². The fourth-order valence-corrected chi connectivity index (χ4v) is 4.07. The Morgan fingerprint density at radius 2 is 1.96 bits per heavy atom. The molecule has 0 aliphatic carbocycles. The lowest BCUT2D eigenvalue weighted by Gasteiger charge is -2.17. The maximum Gasteiger partial charge on any atom is 0.191 e. The van der Waals surface area contributed by atoms with Crippen LogP contribution in [0.25, 0.3) is 0 Å². The zero-order chi connectivity index (χ0) is 16.2. The second kappa shape index (κ2) is 8.72. The van der Waals surface area contributed by atoms with Crippen LogP contribution >= 0.6 is 24.0 Å². The third kappa shape index (κ3) is 6.17. The van der Waals surface area contributed by atoms with Crippen LogP contribution in [0.5, 0.6) is 0 Å². The summed E-state index contributed by atoms with van der Waals surface area (Å²) >= 11 is 0. The molecule has 0 bridgehead atoms. The number of benzene rings is 1. The first-order valence-electron chi connectivity index (χ1n) is 7.33. The zero-order valence-electron chi connectivity index (χ0n) is 13.7. The van der Waals surface area contributed by atoms with Crippen LogP contribution in [-0.2, 0) is 16.4 Å². The molecule has 2 N–H and O–H groups in total. The molecule has 0 saturated carbocycles. The van der Waals surface area contributed by atoms with E-state index in [1.807, 2.05) is 14.1 Å². The van der Waals surface area contributed by atoms with E-state index in [-0.39, 0.29) is 41.5 Å². The molecule has 2 rings (SSSR count). The minimum atomic E-state index is -2.88. The molecule has 1 saturated heterocycles. The van der Waals surface area contributed by atoms with E-state index in [0.717, 1.165) is 11.3 Å². The number of nitrogens with zero attached hydrogens (tertiary/aromatic N) is 2. The van der Waals surface area contributed by atoms with E-state index >= 15 is 0 Å². The molecule has 1 aliphatic heterocycles. The molecule has 130 valence electrons. The van der Waals surface area contributed by atoms with Crippen molar-refractivity contribution >= 4 is 45.5 Å². The number of halogens is 1. The van der Waals surface area contributed by atoms with Crippen LogP contribution in [0.15, 0.2) is 29.3 Å². The Bertz CT molecular complexity index is 629. The van der Waals surface area contributed by atoms with Gasteiger partial charge in [0.1, 0.15) is 0 Å². The van der Waals surface area contributed by atoms with E-state index in [1.54, 1.807) is 7.05 Å². The van der Waals surface area contributed by atoms with Crippen molar-refractivity contribution in [3.05, 3.63) is 29.8 Å². The standard InChI is InChI=1S/C15H24N4O2S.HI/c1-16-15(18-13-8-9-22(20,21)11-13)17-10-12-4-6-14(7-5-12)19(2)3;/h4-7,13H,8-11H2,1-3H3,(H2,16,17,18);1H. The van der Waals surface area contributed by atoms with Crippen molar-refractivity contribution in [3.63, 3.8) is 0 Å². The van der Waals surface area contributed by atoms with E-state index in [1.165, 1.54) is 0 Å². The van der Waals surface area contributed by atoms with E-state index < -0.39 is 9.84 Å². The molecule has 8 heteroatoms. The van der Waals surface area contributed by atoms with Gasteiger partial charge >= 0.3 is 0 Å². The molecular weight excluding hydrogens is 427 g/mol. The summed E-state index contributed by atoms with van der Waals surface area (Å²) in [6, 6.07) is 8.21. The Labute approximate surface area is 155 Å². The maximum absolute atomic E-state index is 11.5. The van der Waals surface area contributed by atoms with Crippen LogP contribution in [-0.4, -0.2) is 53.1 Å². The molecule has 0 aromatic heterocycles. The summed E-state index contributed by atoms with van der Waals surface area (Å²) in [5, 5.41) is 6.39. The lowest BCUT2D eigenvalue weighted by Crippen LogP contribution is -2.43.